The molecule has 0 unspecified atom stereocenters. The molecule has 0 atom stereocenters. The first kappa shape index (κ1) is 13.1. The third kappa shape index (κ3) is 2.41. The Morgan fingerprint density at radius 2 is 2.28 bits per heavy atom. The largest absolute Gasteiger partial charge is 0.461 e. The third-order valence-corrected chi connectivity index (χ3v) is 3.73. The van der Waals surface area contributed by atoms with Crippen molar-refractivity contribution in [1.29, 1.82) is 0 Å². The lowest BCUT2D eigenvalue weighted by atomic mass is 10.1. The number of hydrogen-bond acceptors (Lipinski definition) is 3. The van der Waals surface area contributed by atoms with Crippen LogP contribution in [0.3, 0.4) is 0 Å². The highest BCUT2D eigenvalue weighted by Gasteiger charge is 2.18. The molecular formula is C13H15BrN2O2. The Hall–Kier alpha value is -1.36. The van der Waals surface area contributed by atoms with Gasteiger partial charge >= 0.3 is 0 Å². The molecule has 2 heterocycles. The van der Waals surface area contributed by atoms with Gasteiger partial charge in [-0.2, -0.15) is 5.10 Å². The number of ketones is 1. The summed E-state index contributed by atoms with van der Waals surface area (Å²) in [6.07, 6.45) is 2.65. The van der Waals surface area contributed by atoms with E-state index in [1.54, 1.807) is 12.1 Å². The van der Waals surface area contributed by atoms with E-state index in [1.807, 2.05) is 18.5 Å². The maximum Gasteiger partial charge on any atom is 0.203 e. The molecule has 0 aliphatic carbocycles. The van der Waals surface area contributed by atoms with E-state index in [0.29, 0.717) is 12.2 Å². The molecule has 0 amide bonds. The zero-order valence-corrected chi connectivity index (χ0v) is 12.0. The maximum absolute atomic E-state index is 12.0. The number of Topliss-reactive ketones (excluding diaryl/α,β-unsaturated/α-hetero) is 1. The summed E-state index contributed by atoms with van der Waals surface area (Å²) in [5.41, 5.74) is 1.90. The molecule has 2 aromatic rings. The summed E-state index contributed by atoms with van der Waals surface area (Å²) in [5.74, 6) is 0.363. The summed E-state index contributed by atoms with van der Waals surface area (Å²) in [6, 6.07) is 3.40. The van der Waals surface area contributed by atoms with Gasteiger partial charge in [0.05, 0.1) is 28.5 Å². The molecule has 4 nitrogen and oxygen atoms in total. The number of aromatic nitrogens is 2. The summed E-state index contributed by atoms with van der Waals surface area (Å²) in [4.78, 5) is 12.0. The maximum atomic E-state index is 12.0. The van der Waals surface area contributed by atoms with E-state index < -0.39 is 0 Å². The van der Waals surface area contributed by atoms with Crippen molar-refractivity contribution >= 4 is 21.7 Å². The third-order valence-electron chi connectivity index (χ3n) is 2.82. The molecule has 0 saturated heterocycles. The van der Waals surface area contributed by atoms with Crippen LogP contribution in [0.1, 0.15) is 35.8 Å². The fourth-order valence-electron chi connectivity index (χ4n) is 1.86. The van der Waals surface area contributed by atoms with Crippen molar-refractivity contribution in [2.45, 2.75) is 33.2 Å². The topological polar surface area (TPSA) is 48.0 Å². The molecule has 0 aromatic carbocycles. The Morgan fingerprint density at radius 3 is 2.83 bits per heavy atom. The van der Waals surface area contributed by atoms with E-state index in [9.17, 15) is 4.79 Å². The van der Waals surface area contributed by atoms with E-state index in [-0.39, 0.29) is 5.78 Å². The van der Waals surface area contributed by atoms with Crippen LogP contribution >= 0.6 is 15.9 Å². The van der Waals surface area contributed by atoms with Crippen molar-refractivity contribution in [3.8, 4) is 0 Å². The van der Waals surface area contributed by atoms with E-state index in [0.717, 1.165) is 28.8 Å². The lowest BCUT2D eigenvalue weighted by Crippen LogP contribution is -2.09. The molecule has 2 rings (SSSR count). The number of aryl methyl sites for hydroxylation is 2. The zero-order valence-electron chi connectivity index (χ0n) is 10.4. The Bertz CT molecular complexity index is 544. The van der Waals surface area contributed by atoms with E-state index >= 15 is 0 Å². The minimum atomic E-state index is -0.0297. The van der Waals surface area contributed by atoms with Crippen molar-refractivity contribution in [1.82, 2.24) is 9.78 Å². The highest BCUT2D eigenvalue weighted by molar-refractivity contribution is 9.10. The lowest BCUT2D eigenvalue weighted by molar-refractivity contribution is 0.0963. The predicted molar refractivity (Wildman–Crippen MR) is 71.7 cm³/mol. The average molecular weight is 311 g/mol. The number of carbonyl (C=O) groups excluding carboxylic acids is 1. The van der Waals surface area contributed by atoms with Crippen LogP contribution in [0.5, 0.6) is 0 Å². The van der Waals surface area contributed by atoms with Crippen molar-refractivity contribution in [3.63, 3.8) is 0 Å². The molecule has 0 aliphatic rings. The number of rotatable bonds is 5. The number of nitrogens with zero attached hydrogens (tertiary/aromatic N) is 2. The minimum absolute atomic E-state index is 0.0297. The van der Waals surface area contributed by atoms with Gasteiger partial charge in [-0.3, -0.25) is 9.48 Å². The second kappa shape index (κ2) is 5.52. The molecule has 0 N–H and O–H groups in total. The summed E-state index contributed by atoms with van der Waals surface area (Å²) in [5, 5.41) is 4.47. The monoisotopic (exact) mass is 310 g/mol. The average Bonchev–Trinajstić information content (AvgIpc) is 2.99. The molecule has 0 spiro atoms. The highest BCUT2D eigenvalue weighted by Crippen LogP contribution is 2.23. The van der Waals surface area contributed by atoms with Crippen LogP contribution in [0.4, 0.5) is 0 Å². The summed E-state index contributed by atoms with van der Waals surface area (Å²) >= 11 is 3.53. The van der Waals surface area contributed by atoms with Crippen LogP contribution in [0.2, 0.25) is 0 Å². The van der Waals surface area contributed by atoms with Gasteiger partial charge in [-0.05, 0) is 41.4 Å². The van der Waals surface area contributed by atoms with Gasteiger partial charge in [0.1, 0.15) is 0 Å². The van der Waals surface area contributed by atoms with Crippen molar-refractivity contribution in [2.24, 2.45) is 0 Å². The minimum Gasteiger partial charge on any atom is -0.461 e. The molecule has 0 aliphatic heterocycles. The van der Waals surface area contributed by atoms with Crippen LogP contribution in [0, 0.1) is 0 Å². The standard InChI is InChI=1S/C13H15BrN2O2/c1-3-9-13(14)10(16(4-2)15-9)8-11(17)12-6-5-7-18-12/h5-7H,3-4,8H2,1-2H3. The van der Waals surface area contributed by atoms with Gasteiger partial charge in [-0.15, -0.1) is 0 Å². The molecule has 5 heteroatoms. The molecule has 0 saturated carbocycles. The first-order chi connectivity index (χ1) is 8.67. The van der Waals surface area contributed by atoms with Gasteiger partial charge < -0.3 is 4.42 Å². The number of hydrogen-bond donors (Lipinski definition) is 0. The molecule has 96 valence electrons. The Labute approximate surface area is 114 Å². The van der Waals surface area contributed by atoms with Gasteiger partial charge in [0, 0.05) is 6.54 Å². The number of carbonyl (C=O) groups is 1. The quantitative estimate of drug-likeness (QED) is 0.796. The normalized spacial score (nSPS) is 10.8. The van der Waals surface area contributed by atoms with Crippen molar-refractivity contribution in [3.05, 3.63) is 40.0 Å². The second-order valence-corrected chi connectivity index (χ2v) is 4.75. The summed E-state index contributed by atoms with van der Waals surface area (Å²) in [6.45, 7) is 4.81. The molecular weight excluding hydrogens is 296 g/mol. The number of halogens is 1. The van der Waals surface area contributed by atoms with Gasteiger partial charge in [0.2, 0.25) is 5.78 Å². The van der Waals surface area contributed by atoms with Crippen LogP contribution in [-0.4, -0.2) is 15.6 Å². The van der Waals surface area contributed by atoms with Crippen LogP contribution in [-0.2, 0) is 19.4 Å². The lowest BCUT2D eigenvalue weighted by Gasteiger charge is -2.03. The Kier molecular flexibility index (Phi) is 4.01. The molecule has 18 heavy (non-hydrogen) atoms. The predicted octanol–water partition coefficient (Wildman–Crippen LogP) is 3.25. The van der Waals surface area contributed by atoms with Gasteiger partial charge in [0.25, 0.3) is 0 Å². The zero-order chi connectivity index (χ0) is 13.1. The summed E-state index contributed by atoms with van der Waals surface area (Å²) < 4.78 is 7.92. The molecule has 0 radical (unpaired) electrons. The van der Waals surface area contributed by atoms with E-state index in [1.165, 1.54) is 6.26 Å². The highest BCUT2D eigenvalue weighted by atomic mass is 79.9. The molecule has 2 aromatic heterocycles. The second-order valence-electron chi connectivity index (χ2n) is 3.95. The van der Waals surface area contributed by atoms with Crippen LogP contribution in [0.25, 0.3) is 0 Å². The van der Waals surface area contributed by atoms with E-state index in [2.05, 4.69) is 21.0 Å². The van der Waals surface area contributed by atoms with Crippen molar-refractivity contribution in [2.75, 3.05) is 0 Å². The first-order valence-corrected chi connectivity index (χ1v) is 6.77. The fourth-order valence-corrected chi connectivity index (χ4v) is 2.57. The van der Waals surface area contributed by atoms with Crippen molar-refractivity contribution < 1.29 is 9.21 Å². The Morgan fingerprint density at radius 1 is 1.50 bits per heavy atom. The van der Waals surface area contributed by atoms with E-state index in [4.69, 9.17) is 4.42 Å². The Balaban J connectivity index is 2.28. The van der Waals surface area contributed by atoms with Gasteiger partial charge in [0.15, 0.2) is 5.76 Å². The van der Waals surface area contributed by atoms with Crippen LogP contribution < -0.4 is 0 Å². The SMILES string of the molecule is CCc1nn(CC)c(CC(=O)c2ccco2)c1Br. The smallest absolute Gasteiger partial charge is 0.203 e. The first-order valence-electron chi connectivity index (χ1n) is 5.98. The summed E-state index contributed by atoms with van der Waals surface area (Å²) in [7, 11) is 0. The van der Waals surface area contributed by atoms with Gasteiger partial charge in [-0.1, -0.05) is 6.92 Å². The number of furan rings is 1. The van der Waals surface area contributed by atoms with Crippen LogP contribution in [0.15, 0.2) is 27.3 Å². The molecule has 0 bridgehead atoms. The molecule has 0 fully saturated rings. The fraction of sp³-hybridized carbons (Fsp3) is 0.385. The van der Waals surface area contributed by atoms with Gasteiger partial charge in [-0.25, -0.2) is 0 Å².